The number of nitro benzene ring substituents is 1. The Hall–Kier alpha value is -4.58. The van der Waals surface area contributed by atoms with Crippen molar-refractivity contribution in [3.63, 3.8) is 0 Å². The molecular formula is C25H16F3N5O3S. The van der Waals surface area contributed by atoms with Crippen molar-refractivity contribution in [2.24, 2.45) is 5.10 Å². The fraction of sp³-hybridized carbons (Fsp3) is 0.0400. The van der Waals surface area contributed by atoms with Crippen LogP contribution in [0.25, 0.3) is 11.3 Å². The van der Waals surface area contributed by atoms with Gasteiger partial charge in [-0.25, -0.2) is 15.4 Å². The number of amides is 1. The molecule has 0 aliphatic carbocycles. The van der Waals surface area contributed by atoms with Crippen LogP contribution in [0.5, 0.6) is 0 Å². The van der Waals surface area contributed by atoms with Crippen LogP contribution in [-0.2, 0) is 6.18 Å². The molecule has 4 aromatic rings. The number of hydrogen-bond acceptors (Lipinski definition) is 7. The van der Waals surface area contributed by atoms with Crippen molar-refractivity contribution in [3.8, 4) is 11.3 Å². The molecule has 0 fully saturated rings. The molecule has 186 valence electrons. The summed E-state index contributed by atoms with van der Waals surface area (Å²) in [7, 11) is 0. The Morgan fingerprint density at radius 1 is 0.973 bits per heavy atom. The maximum atomic E-state index is 13.6. The maximum absolute atomic E-state index is 13.6. The van der Waals surface area contributed by atoms with Gasteiger partial charge in [-0.05, 0) is 36.0 Å². The van der Waals surface area contributed by atoms with E-state index in [1.165, 1.54) is 24.4 Å². The fourth-order valence-corrected chi connectivity index (χ4v) is 3.98. The van der Waals surface area contributed by atoms with E-state index in [4.69, 9.17) is 0 Å². The lowest BCUT2D eigenvalue weighted by molar-refractivity contribution is -0.384. The van der Waals surface area contributed by atoms with E-state index >= 15 is 0 Å². The van der Waals surface area contributed by atoms with Gasteiger partial charge < -0.3 is 0 Å². The van der Waals surface area contributed by atoms with Gasteiger partial charge in [0.1, 0.15) is 5.69 Å². The summed E-state index contributed by atoms with van der Waals surface area (Å²) in [5.74, 6) is -0.509. The summed E-state index contributed by atoms with van der Waals surface area (Å²) in [5.41, 5.74) is 1.97. The Bertz CT molecular complexity index is 1470. The van der Waals surface area contributed by atoms with Gasteiger partial charge in [-0.1, -0.05) is 48.5 Å². The predicted molar refractivity (Wildman–Crippen MR) is 131 cm³/mol. The molecule has 12 heteroatoms. The Kier molecular flexibility index (Phi) is 7.58. The summed E-state index contributed by atoms with van der Waals surface area (Å²) in [6.45, 7) is 0. The second-order valence-electron chi connectivity index (χ2n) is 7.43. The van der Waals surface area contributed by atoms with Crippen LogP contribution in [0.1, 0.15) is 21.6 Å². The SMILES string of the molecule is O=C(N/N=C/c1cc([N+](=O)[O-])ccc1Sc1nc(-c2ccccc2)cc(C(F)(F)F)n1)c1ccccc1. The average Bonchev–Trinajstić information content (AvgIpc) is 2.89. The Labute approximate surface area is 212 Å². The Morgan fingerprint density at radius 2 is 1.65 bits per heavy atom. The van der Waals surface area contributed by atoms with Crippen LogP contribution < -0.4 is 5.43 Å². The first kappa shape index (κ1) is 25.5. The lowest BCUT2D eigenvalue weighted by atomic mass is 10.1. The first-order chi connectivity index (χ1) is 17.7. The number of rotatable bonds is 7. The molecule has 1 N–H and O–H groups in total. The lowest BCUT2D eigenvalue weighted by Gasteiger charge is -2.11. The molecule has 1 aromatic heterocycles. The summed E-state index contributed by atoms with van der Waals surface area (Å²) in [6, 6.07) is 21.2. The van der Waals surface area contributed by atoms with Gasteiger partial charge in [0.2, 0.25) is 0 Å². The number of hydrogen-bond donors (Lipinski definition) is 1. The molecule has 8 nitrogen and oxygen atoms in total. The van der Waals surface area contributed by atoms with E-state index in [1.807, 2.05) is 0 Å². The van der Waals surface area contributed by atoms with E-state index in [-0.39, 0.29) is 22.1 Å². The number of carbonyl (C=O) groups is 1. The van der Waals surface area contributed by atoms with Crippen LogP contribution in [0.4, 0.5) is 18.9 Å². The average molecular weight is 523 g/mol. The smallest absolute Gasteiger partial charge is 0.267 e. The minimum Gasteiger partial charge on any atom is -0.267 e. The van der Waals surface area contributed by atoms with Crippen molar-refractivity contribution < 1.29 is 22.9 Å². The second-order valence-corrected chi connectivity index (χ2v) is 8.44. The highest BCUT2D eigenvalue weighted by Crippen LogP contribution is 2.35. The molecule has 0 saturated carbocycles. The molecule has 0 saturated heterocycles. The lowest BCUT2D eigenvalue weighted by Crippen LogP contribution is -2.17. The number of nitro groups is 1. The van der Waals surface area contributed by atoms with Gasteiger partial charge in [0.25, 0.3) is 11.6 Å². The number of nitrogens with zero attached hydrogens (tertiary/aromatic N) is 4. The van der Waals surface area contributed by atoms with Crippen LogP contribution in [0, 0.1) is 10.1 Å². The van der Waals surface area contributed by atoms with E-state index < -0.39 is 22.7 Å². The number of aromatic nitrogens is 2. The van der Waals surface area contributed by atoms with Crippen LogP contribution in [0.3, 0.4) is 0 Å². The standard InChI is InChI=1S/C25H16F3N5O3S/c26-25(27,28)22-14-20(16-7-3-1-4-8-16)30-24(31-22)37-21-12-11-19(33(35)36)13-18(21)15-29-32-23(34)17-9-5-2-6-10-17/h1-15H,(H,32,34)/b29-15+. The normalized spacial score (nSPS) is 11.4. The molecule has 0 spiro atoms. The molecule has 0 radical (unpaired) electrons. The van der Waals surface area contributed by atoms with Gasteiger partial charge in [-0.15, -0.1) is 0 Å². The molecule has 0 aliphatic heterocycles. The summed E-state index contributed by atoms with van der Waals surface area (Å²) in [5, 5.41) is 14.9. The van der Waals surface area contributed by atoms with Gasteiger partial charge in [0.05, 0.1) is 16.8 Å². The van der Waals surface area contributed by atoms with Gasteiger partial charge >= 0.3 is 6.18 Å². The first-order valence-corrected chi connectivity index (χ1v) is 11.4. The van der Waals surface area contributed by atoms with Crippen molar-refractivity contribution in [1.82, 2.24) is 15.4 Å². The van der Waals surface area contributed by atoms with E-state index in [2.05, 4.69) is 20.5 Å². The molecule has 1 amide bonds. The highest BCUT2D eigenvalue weighted by atomic mass is 32.2. The monoisotopic (exact) mass is 523 g/mol. The molecule has 0 aliphatic rings. The summed E-state index contributed by atoms with van der Waals surface area (Å²) >= 11 is 0.780. The molecule has 3 aromatic carbocycles. The molecule has 0 unspecified atom stereocenters. The van der Waals surface area contributed by atoms with Crippen molar-refractivity contribution in [3.05, 3.63) is 112 Å². The predicted octanol–water partition coefficient (Wildman–Crippen LogP) is 5.99. The number of carbonyl (C=O) groups excluding carboxylic acids is 1. The number of nitrogens with one attached hydrogen (secondary N) is 1. The topological polar surface area (TPSA) is 110 Å². The molecule has 37 heavy (non-hydrogen) atoms. The van der Waals surface area contributed by atoms with Crippen molar-refractivity contribution in [2.75, 3.05) is 0 Å². The van der Waals surface area contributed by atoms with E-state index in [9.17, 15) is 28.1 Å². The van der Waals surface area contributed by atoms with Gasteiger partial charge in [0.15, 0.2) is 5.16 Å². The van der Waals surface area contributed by atoms with Crippen molar-refractivity contribution in [1.29, 1.82) is 0 Å². The molecule has 0 bridgehead atoms. The maximum Gasteiger partial charge on any atom is 0.433 e. The van der Waals surface area contributed by atoms with E-state index in [1.54, 1.807) is 60.7 Å². The van der Waals surface area contributed by atoms with E-state index in [0.717, 1.165) is 17.8 Å². The third-order valence-corrected chi connectivity index (χ3v) is 5.83. The molecular weight excluding hydrogens is 507 g/mol. The van der Waals surface area contributed by atoms with Crippen LogP contribution in [0.15, 0.2) is 100 Å². The van der Waals surface area contributed by atoms with Crippen molar-refractivity contribution >= 4 is 29.6 Å². The quantitative estimate of drug-likeness (QED) is 0.138. The second kappa shape index (κ2) is 11.0. The first-order valence-electron chi connectivity index (χ1n) is 10.6. The van der Waals surface area contributed by atoms with Gasteiger partial charge in [-0.2, -0.15) is 18.3 Å². The largest absolute Gasteiger partial charge is 0.433 e. The summed E-state index contributed by atoms with van der Waals surface area (Å²) in [4.78, 5) is 31.1. The number of benzene rings is 3. The number of non-ortho nitro benzene ring substituents is 1. The highest BCUT2D eigenvalue weighted by molar-refractivity contribution is 7.99. The third-order valence-electron chi connectivity index (χ3n) is 4.88. The van der Waals surface area contributed by atoms with Crippen LogP contribution in [0.2, 0.25) is 0 Å². The minimum absolute atomic E-state index is 0.0673. The van der Waals surface area contributed by atoms with Crippen LogP contribution in [-0.4, -0.2) is 27.0 Å². The number of hydrazone groups is 1. The van der Waals surface area contributed by atoms with Crippen molar-refractivity contribution in [2.45, 2.75) is 16.2 Å². The van der Waals surface area contributed by atoms with Gasteiger partial charge in [0, 0.05) is 33.7 Å². The summed E-state index contributed by atoms with van der Waals surface area (Å²) in [6.07, 6.45) is -3.55. The zero-order valence-corrected chi connectivity index (χ0v) is 19.5. The summed E-state index contributed by atoms with van der Waals surface area (Å²) < 4.78 is 40.7. The zero-order chi connectivity index (χ0) is 26.4. The van der Waals surface area contributed by atoms with E-state index in [0.29, 0.717) is 16.0 Å². The third kappa shape index (κ3) is 6.55. The molecule has 4 rings (SSSR count). The van der Waals surface area contributed by atoms with Gasteiger partial charge in [-0.3, -0.25) is 14.9 Å². The molecule has 0 atom stereocenters. The molecule has 1 heterocycles. The Morgan fingerprint density at radius 3 is 2.30 bits per heavy atom. The minimum atomic E-state index is -4.72. The zero-order valence-electron chi connectivity index (χ0n) is 18.7. The highest BCUT2D eigenvalue weighted by Gasteiger charge is 2.34. The number of alkyl halides is 3. The van der Waals surface area contributed by atoms with Crippen LogP contribution >= 0.6 is 11.8 Å². The Balaban J connectivity index is 1.68. The number of halogens is 3. The fourth-order valence-electron chi connectivity index (χ4n) is 3.13.